The Morgan fingerprint density at radius 3 is 2.27 bits per heavy atom. The van der Waals surface area contributed by atoms with Crippen LogP contribution >= 0.6 is 0 Å². The number of phenols is 2. The maximum atomic E-state index is 11.3. The van der Waals surface area contributed by atoms with Gasteiger partial charge in [0.05, 0.1) is 10.8 Å². The standard InChI is InChI=1S/C20H28O6/c1-19(2,17(23)24)9-4-6-14-13(7-8-15(21)16(14)22)5-3-10-20(11-12-20)18(25)26/h7-8,21-22H,3-6,9-12H2,1-2H3,(H,23,24)(H,25,26). The van der Waals surface area contributed by atoms with E-state index >= 15 is 0 Å². The average Bonchev–Trinajstić information content (AvgIpc) is 3.34. The van der Waals surface area contributed by atoms with E-state index in [4.69, 9.17) is 0 Å². The van der Waals surface area contributed by atoms with Crippen molar-refractivity contribution in [1.82, 2.24) is 0 Å². The second-order valence-electron chi connectivity index (χ2n) is 8.05. The van der Waals surface area contributed by atoms with E-state index in [1.807, 2.05) is 0 Å². The molecule has 0 amide bonds. The molecule has 144 valence electrons. The molecule has 1 fully saturated rings. The van der Waals surface area contributed by atoms with Crippen LogP contribution in [0.2, 0.25) is 0 Å². The number of benzene rings is 1. The Hall–Kier alpha value is -2.24. The molecule has 6 nitrogen and oxygen atoms in total. The largest absolute Gasteiger partial charge is 0.504 e. The molecule has 4 N–H and O–H groups in total. The van der Waals surface area contributed by atoms with Crippen LogP contribution in [-0.2, 0) is 22.4 Å². The first kappa shape index (κ1) is 20.1. The molecule has 0 unspecified atom stereocenters. The lowest BCUT2D eigenvalue weighted by atomic mass is 9.85. The van der Waals surface area contributed by atoms with Crippen molar-refractivity contribution in [3.8, 4) is 11.5 Å². The Bertz CT molecular complexity index is 688. The second kappa shape index (κ2) is 7.56. The molecule has 0 saturated heterocycles. The molecule has 1 saturated carbocycles. The van der Waals surface area contributed by atoms with Gasteiger partial charge in [-0.05, 0) is 76.8 Å². The van der Waals surface area contributed by atoms with Crippen molar-refractivity contribution in [1.29, 1.82) is 0 Å². The third kappa shape index (κ3) is 4.48. The fraction of sp³-hybridized carbons (Fsp3) is 0.600. The van der Waals surface area contributed by atoms with Gasteiger partial charge in [-0.1, -0.05) is 6.07 Å². The van der Waals surface area contributed by atoms with Crippen LogP contribution in [0, 0.1) is 10.8 Å². The highest BCUT2D eigenvalue weighted by Crippen LogP contribution is 2.50. The molecule has 26 heavy (non-hydrogen) atoms. The van der Waals surface area contributed by atoms with E-state index in [2.05, 4.69) is 0 Å². The summed E-state index contributed by atoms with van der Waals surface area (Å²) in [6.45, 7) is 3.33. The summed E-state index contributed by atoms with van der Waals surface area (Å²) in [5, 5.41) is 38.5. The Balaban J connectivity index is 2.01. The smallest absolute Gasteiger partial charge is 0.309 e. The lowest BCUT2D eigenvalue weighted by Crippen LogP contribution is -2.23. The third-order valence-electron chi connectivity index (χ3n) is 5.57. The van der Waals surface area contributed by atoms with Crippen LogP contribution < -0.4 is 0 Å². The van der Waals surface area contributed by atoms with Gasteiger partial charge in [0.15, 0.2) is 11.5 Å². The molecule has 0 aliphatic heterocycles. The summed E-state index contributed by atoms with van der Waals surface area (Å²) in [5.41, 5.74) is 0.109. The van der Waals surface area contributed by atoms with Crippen LogP contribution in [0.5, 0.6) is 11.5 Å². The zero-order chi connectivity index (χ0) is 19.5. The first-order valence-electron chi connectivity index (χ1n) is 9.08. The second-order valence-corrected chi connectivity index (χ2v) is 8.05. The molecule has 0 bridgehead atoms. The van der Waals surface area contributed by atoms with E-state index in [1.165, 1.54) is 6.07 Å². The fourth-order valence-electron chi connectivity index (χ4n) is 3.33. The van der Waals surface area contributed by atoms with Gasteiger partial charge in [-0.15, -0.1) is 0 Å². The average molecular weight is 364 g/mol. The normalized spacial score (nSPS) is 15.6. The number of carboxylic acids is 2. The third-order valence-corrected chi connectivity index (χ3v) is 5.57. The lowest BCUT2D eigenvalue weighted by molar-refractivity contribution is -0.147. The predicted octanol–water partition coefficient (Wildman–Crippen LogP) is 3.72. The molecule has 2 rings (SSSR count). The highest BCUT2D eigenvalue weighted by Gasteiger charge is 2.49. The number of hydrogen-bond acceptors (Lipinski definition) is 4. The minimum atomic E-state index is -0.860. The van der Waals surface area contributed by atoms with Gasteiger partial charge >= 0.3 is 11.9 Å². The van der Waals surface area contributed by atoms with E-state index in [1.54, 1.807) is 19.9 Å². The summed E-state index contributed by atoms with van der Waals surface area (Å²) in [6.07, 6.45) is 4.87. The summed E-state index contributed by atoms with van der Waals surface area (Å²) in [7, 11) is 0. The zero-order valence-corrected chi connectivity index (χ0v) is 15.4. The number of carbonyl (C=O) groups is 2. The molecule has 1 aliphatic rings. The first-order chi connectivity index (χ1) is 12.1. The van der Waals surface area contributed by atoms with Gasteiger partial charge in [-0.2, -0.15) is 0 Å². The fourth-order valence-corrected chi connectivity index (χ4v) is 3.33. The summed E-state index contributed by atoms with van der Waals surface area (Å²) in [6, 6.07) is 3.20. The van der Waals surface area contributed by atoms with Crippen molar-refractivity contribution in [3.05, 3.63) is 23.3 Å². The van der Waals surface area contributed by atoms with E-state index in [0.29, 0.717) is 44.1 Å². The Morgan fingerprint density at radius 1 is 1.08 bits per heavy atom. The summed E-state index contributed by atoms with van der Waals surface area (Å²) in [4.78, 5) is 22.5. The van der Waals surface area contributed by atoms with E-state index in [0.717, 1.165) is 18.4 Å². The van der Waals surface area contributed by atoms with E-state index in [9.17, 15) is 30.0 Å². The SMILES string of the molecule is CC(C)(CCCc1c(CCCC2(C(=O)O)CC2)ccc(O)c1O)C(=O)O. The van der Waals surface area contributed by atoms with Crippen LogP contribution in [0.15, 0.2) is 12.1 Å². The molecular weight excluding hydrogens is 336 g/mol. The number of rotatable bonds is 10. The summed E-state index contributed by atoms with van der Waals surface area (Å²) < 4.78 is 0. The van der Waals surface area contributed by atoms with Crippen LogP contribution in [0.1, 0.15) is 63.5 Å². The molecule has 6 heteroatoms. The first-order valence-corrected chi connectivity index (χ1v) is 9.08. The molecule has 0 aromatic heterocycles. The van der Waals surface area contributed by atoms with Gasteiger partial charge in [0.2, 0.25) is 0 Å². The van der Waals surface area contributed by atoms with Crippen molar-refractivity contribution in [2.24, 2.45) is 10.8 Å². The van der Waals surface area contributed by atoms with Crippen LogP contribution in [0.3, 0.4) is 0 Å². The molecule has 0 spiro atoms. The van der Waals surface area contributed by atoms with Crippen molar-refractivity contribution in [2.45, 2.75) is 65.2 Å². The molecule has 1 aromatic carbocycles. The Morgan fingerprint density at radius 2 is 1.73 bits per heavy atom. The number of hydrogen-bond donors (Lipinski definition) is 4. The molecule has 0 radical (unpaired) electrons. The van der Waals surface area contributed by atoms with Crippen LogP contribution in [0.25, 0.3) is 0 Å². The van der Waals surface area contributed by atoms with Gasteiger partial charge in [0.1, 0.15) is 0 Å². The lowest BCUT2D eigenvalue weighted by Gasteiger charge is -2.20. The molecule has 1 aliphatic carbocycles. The predicted molar refractivity (Wildman–Crippen MR) is 96.4 cm³/mol. The quantitative estimate of drug-likeness (QED) is 0.470. The monoisotopic (exact) mass is 364 g/mol. The van der Waals surface area contributed by atoms with Gasteiger partial charge < -0.3 is 20.4 Å². The van der Waals surface area contributed by atoms with Crippen molar-refractivity contribution in [2.75, 3.05) is 0 Å². The highest BCUT2D eigenvalue weighted by atomic mass is 16.4. The number of aryl methyl sites for hydroxylation is 1. The van der Waals surface area contributed by atoms with Crippen molar-refractivity contribution >= 4 is 11.9 Å². The number of phenolic OH excluding ortho intramolecular Hbond substituents is 2. The molecule has 1 aromatic rings. The Kier molecular flexibility index (Phi) is 5.84. The molecule has 0 heterocycles. The Labute approximate surface area is 153 Å². The summed E-state index contributed by atoms with van der Waals surface area (Å²) in [5.74, 6) is -1.94. The number of aliphatic carboxylic acids is 2. The maximum Gasteiger partial charge on any atom is 0.309 e. The van der Waals surface area contributed by atoms with E-state index < -0.39 is 22.8 Å². The van der Waals surface area contributed by atoms with Gasteiger partial charge in [-0.25, -0.2) is 0 Å². The maximum absolute atomic E-state index is 11.3. The topological polar surface area (TPSA) is 115 Å². The van der Waals surface area contributed by atoms with Crippen molar-refractivity contribution < 1.29 is 30.0 Å². The van der Waals surface area contributed by atoms with E-state index in [-0.39, 0.29) is 11.5 Å². The molecular formula is C20H28O6. The minimum Gasteiger partial charge on any atom is -0.504 e. The number of aromatic hydroxyl groups is 2. The summed E-state index contributed by atoms with van der Waals surface area (Å²) >= 11 is 0. The zero-order valence-electron chi connectivity index (χ0n) is 15.4. The van der Waals surface area contributed by atoms with Crippen LogP contribution in [0.4, 0.5) is 0 Å². The van der Waals surface area contributed by atoms with Gasteiger partial charge in [0, 0.05) is 5.56 Å². The van der Waals surface area contributed by atoms with Crippen LogP contribution in [-0.4, -0.2) is 32.4 Å². The minimum absolute atomic E-state index is 0.157. The van der Waals surface area contributed by atoms with Gasteiger partial charge in [0.25, 0.3) is 0 Å². The number of carboxylic acid groups (broad SMARTS) is 2. The van der Waals surface area contributed by atoms with Crippen molar-refractivity contribution in [3.63, 3.8) is 0 Å². The molecule has 0 atom stereocenters. The van der Waals surface area contributed by atoms with Gasteiger partial charge in [-0.3, -0.25) is 9.59 Å². The highest BCUT2D eigenvalue weighted by molar-refractivity contribution is 5.77.